The Bertz CT molecular complexity index is 445. The lowest BCUT2D eigenvalue weighted by atomic mass is 9.96. The van der Waals surface area contributed by atoms with Gasteiger partial charge in [0.2, 0.25) is 0 Å². The predicted molar refractivity (Wildman–Crippen MR) is 68.2 cm³/mol. The zero-order chi connectivity index (χ0) is 13.0. The Morgan fingerprint density at radius 1 is 1.39 bits per heavy atom. The summed E-state index contributed by atoms with van der Waals surface area (Å²) in [7, 11) is 0. The zero-order valence-electron chi connectivity index (χ0n) is 10.4. The van der Waals surface area contributed by atoms with E-state index in [1.165, 1.54) is 12.1 Å². The van der Waals surface area contributed by atoms with Gasteiger partial charge in [0.25, 0.3) is 0 Å². The van der Waals surface area contributed by atoms with Gasteiger partial charge in [-0.05, 0) is 62.2 Å². The van der Waals surface area contributed by atoms with E-state index in [1.54, 1.807) is 6.07 Å². The maximum absolute atomic E-state index is 13.2. The number of hydrogen-bond acceptors (Lipinski definition) is 3. The Morgan fingerprint density at radius 2 is 2.11 bits per heavy atom. The molecule has 0 spiro atoms. The zero-order valence-corrected chi connectivity index (χ0v) is 10.4. The number of likely N-dealkylation sites (tertiary alicyclic amines) is 1. The van der Waals surface area contributed by atoms with E-state index in [0.29, 0.717) is 18.0 Å². The van der Waals surface area contributed by atoms with Crippen molar-refractivity contribution in [3.05, 3.63) is 35.1 Å². The molecule has 1 aromatic carbocycles. The van der Waals surface area contributed by atoms with Gasteiger partial charge in [-0.25, -0.2) is 4.39 Å². The number of halogens is 1. The third-order valence-corrected chi connectivity index (χ3v) is 3.62. The van der Waals surface area contributed by atoms with E-state index in [0.717, 1.165) is 38.0 Å². The summed E-state index contributed by atoms with van der Waals surface area (Å²) >= 11 is 0. The summed E-state index contributed by atoms with van der Waals surface area (Å²) < 4.78 is 13.2. The van der Waals surface area contributed by atoms with Crippen molar-refractivity contribution in [1.82, 2.24) is 4.90 Å². The molecule has 1 aliphatic heterocycles. The van der Waals surface area contributed by atoms with Crippen molar-refractivity contribution in [2.75, 3.05) is 19.6 Å². The fraction of sp³-hybridized carbons (Fsp3) is 0.500. The first kappa shape index (κ1) is 13.0. The maximum Gasteiger partial charge on any atom is 0.123 e. The molecular weight excluding hydrogens is 229 g/mol. The number of piperidine rings is 1. The van der Waals surface area contributed by atoms with Gasteiger partial charge in [0.15, 0.2) is 0 Å². The molecule has 4 heteroatoms. The van der Waals surface area contributed by atoms with E-state index in [1.807, 2.05) is 0 Å². The van der Waals surface area contributed by atoms with Crippen LogP contribution in [0, 0.1) is 23.1 Å². The number of nitrogens with zero attached hydrogens (tertiary/aromatic N) is 2. The number of nitriles is 1. The van der Waals surface area contributed by atoms with Crippen molar-refractivity contribution in [2.24, 2.45) is 11.7 Å². The van der Waals surface area contributed by atoms with Crippen LogP contribution in [-0.4, -0.2) is 24.5 Å². The predicted octanol–water partition coefficient (Wildman–Crippen LogP) is 1.87. The summed E-state index contributed by atoms with van der Waals surface area (Å²) in [4.78, 5) is 2.27. The Balaban J connectivity index is 2.02. The lowest BCUT2D eigenvalue weighted by molar-refractivity contribution is 0.180. The van der Waals surface area contributed by atoms with Crippen molar-refractivity contribution < 1.29 is 4.39 Å². The van der Waals surface area contributed by atoms with Gasteiger partial charge in [-0.1, -0.05) is 0 Å². The normalized spacial score (nSPS) is 17.6. The SMILES string of the molecule is N#Cc1ccc(F)cc1CN1CCC(CN)CC1. The van der Waals surface area contributed by atoms with Crippen molar-refractivity contribution in [3.63, 3.8) is 0 Å². The first-order valence-electron chi connectivity index (χ1n) is 6.34. The summed E-state index contributed by atoms with van der Waals surface area (Å²) in [6.45, 7) is 3.35. The second kappa shape index (κ2) is 5.94. The van der Waals surface area contributed by atoms with Gasteiger partial charge >= 0.3 is 0 Å². The van der Waals surface area contributed by atoms with E-state index < -0.39 is 0 Å². The van der Waals surface area contributed by atoms with Gasteiger partial charge in [0.05, 0.1) is 11.6 Å². The standard InChI is InChI=1S/C14H18FN3/c15-14-2-1-12(9-17)13(7-14)10-18-5-3-11(8-16)4-6-18/h1-2,7,11H,3-6,8,10,16H2. The lowest BCUT2D eigenvalue weighted by Gasteiger charge is -2.31. The highest BCUT2D eigenvalue weighted by atomic mass is 19.1. The summed E-state index contributed by atoms with van der Waals surface area (Å²) in [5.74, 6) is 0.338. The molecule has 96 valence electrons. The molecule has 0 aliphatic carbocycles. The van der Waals surface area contributed by atoms with Crippen molar-refractivity contribution in [2.45, 2.75) is 19.4 Å². The number of benzene rings is 1. The van der Waals surface area contributed by atoms with E-state index in [2.05, 4.69) is 11.0 Å². The Morgan fingerprint density at radius 3 is 2.72 bits per heavy atom. The van der Waals surface area contributed by atoms with E-state index in [-0.39, 0.29) is 5.82 Å². The van der Waals surface area contributed by atoms with Crippen LogP contribution in [0.25, 0.3) is 0 Å². The van der Waals surface area contributed by atoms with Crippen LogP contribution in [0.3, 0.4) is 0 Å². The van der Waals surface area contributed by atoms with E-state index in [9.17, 15) is 4.39 Å². The fourth-order valence-corrected chi connectivity index (χ4v) is 2.42. The molecule has 0 amide bonds. The summed E-state index contributed by atoms with van der Waals surface area (Å²) in [5.41, 5.74) is 7.00. The molecule has 18 heavy (non-hydrogen) atoms. The molecule has 0 bridgehead atoms. The first-order chi connectivity index (χ1) is 8.72. The van der Waals surface area contributed by atoms with Gasteiger partial charge in [-0.3, -0.25) is 4.90 Å². The number of rotatable bonds is 3. The van der Waals surface area contributed by atoms with Crippen LogP contribution in [0.2, 0.25) is 0 Å². The molecule has 1 aliphatic rings. The monoisotopic (exact) mass is 247 g/mol. The van der Waals surface area contributed by atoms with Gasteiger partial charge < -0.3 is 5.73 Å². The Hall–Kier alpha value is -1.44. The van der Waals surface area contributed by atoms with Crippen molar-refractivity contribution in [3.8, 4) is 6.07 Å². The average molecular weight is 247 g/mol. The maximum atomic E-state index is 13.2. The third kappa shape index (κ3) is 3.06. The van der Waals surface area contributed by atoms with Gasteiger partial charge in [-0.2, -0.15) is 5.26 Å². The van der Waals surface area contributed by atoms with Crippen LogP contribution in [0.4, 0.5) is 4.39 Å². The van der Waals surface area contributed by atoms with Crippen LogP contribution in [-0.2, 0) is 6.54 Å². The fourth-order valence-electron chi connectivity index (χ4n) is 2.42. The molecular formula is C14H18FN3. The van der Waals surface area contributed by atoms with Crippen molar-refractivity contribution >= 4 is 0 Å². The van der Waals surface area contributed by atoms with Gasteiger partial charge in [0.1, 0.15) is 5.82 Å². The highest BCUT2D eigenvalue weighted by Crippen LogP contribution is 2.19. The van der Waals surface area contributed by atoms with Crippen molar-refractivity contribution in [1.29, 1.82) is 5.26 Å². The molecule has 1 saturated heterocycles. The topological polar surface area (TPSA) is 53.0 Å². The van der Waals surface area contributed by atoms with E-state index >= 15 is 0 Å². The molecule has 2 rings (SSSR count). The van der Waals surface area contributed by atoms with Gasteiger partial charge in [-0.15, -0.1) is 0 Å². The summed E-state index contributed by atoms with van der Waals surface area (Å²) in [5, 5.41) is 9.01. The highest BCUT2D eigenvalue weighted by molar-refractivity contribution is 5.37. The minimum absolute atomic E-state index is 0.277. The lowest BCUT2D eigenvalue weighted by Crippen LogP contribution is -2.35. The third-order valence-electron chi connectivity index (χ3n) is 3.62. The quantitative estimate of drug-likeness (QED) is 0.887. The minimum Gasteiger partial charge on any atom is -0.330 e. The molecule has 0 aromatic heterocycles. The van der Waals surface area contributed by atoms with Crippen LogP contribution in [0.1, 0.15) is 24.0 Å². The minimum atomic E-state index is -0.277. The Labute approximate surface area is 107 Å². The Kier molecular flexibility index (Phi) is 4.29. The largest absolute Gasteiger partial charge is 0.330 e. The number of nitrogens with two attached hydrogens (primary N) is 1. The summed E-state index contributed by atoms with van der Waals surface area (Å²) in [6, 6.07) is 6.47. The van der Waals surface area contributed by atoms with Crippen LogP contribution >= 0.6 is 0 Å². The second-order valence-electron chi connectivity index (χ2n) is 4.87. The molecule has 2 N–H and O–H groups in total. The molecule has 0 atom stereocenters. The molecule has 1 aromatic rings. The first-order valence-corrected chi connectivity index (χ1v) is 6.34. The average Bonchev–Trinajstić information content (AvgIpc) is 2.40. The second-order valence-corrected chi connectivity index (χ2v) is 4.87. The molecule has 3 nitrogen and oxygen atoms in total. The van der Waals surface area contributed by atoms with Crippen LogP contribution in [0.5, 0.6) is 0 Å². The molecule has 0 radical (unpaired) electrons. The molecule has 1 heterocycles. The smallest absolute Gasteiger partial charge is 0.123 e. The highest BCUT2D eigenvalue weighted by Gasteiger charge is 2.18. The summed E-state index contributed by atoms with van der Waals surface area (Å²) in [6.07, 6.45) is 2.18. The molecule has 0 unspecified atom stereocenters. The molecule has 0 saturated carbocycles. The number of hydrogen-bond donors (Lipinski definition) is 1. The van der Waals surface area contributed by atoms with Gasteiger partial charge in [0, 0.05) is 6.54 Å². The van der Waals surface area contributed by atoms with Crippen LogP contribution in [0.15, 0.2) is 18.2 Å². The van der Waals surface area contributed by atoms with E-state index in [4.69, 9.17) is 11.0 Å². The molecule has 1 fully saturated rings. The van der Waals surface area contributed by atoms with Crippen LogP contribution < -0.4 is 5.73 Å².